The summed E-state index contributed by atoms with van der Waals surface area (Å²) < 4.78 is 63.3. The molecule has 0 amide bonds. The first-order valence-corrected chi connectivity index (χ1v) is 7.54. The summed E-state index contributed by atoms with van der Waals surface area (Å²) in [6.45, 7) is 0. The number of aromatic nitrogens is 2. The second kappa shape index (κ2) is 5.72. The van der Waals surface area contributed by atoms with Crippen LogP contribution in [-0.2, 0) is 12.6 Å². The van der Waals surface area contributed by atoms with Crippen molar-refractivity contribution in [1.82, 2.24) is 10.1 Å². The van der Waals surface area contributed by atoms with Crippen molar-refractivity contribution in [3.63, 3.8) is 0 Å². The number of ether oxygens (including phenoxy) is 1. The number of nitrogens with zero attached hydrogens (tertiary/aromatic N) is 1. The van der Waals surface area contributed by atoms with Crippen LogP contribution in [-0.4, -0.2) is 10.1 Å². The van der Waals surface area contributed by atoms with Gasteiger partial charge >= 0.3 is 11.9 Å². The van der Waals surface area contributed by atoms with Crippen molar-refractivity contribution in [1.29, 1.82) is 0 Å². The zero-order valence-electron chi connectivity index (χ0n) is 12.9. The SMILES string of the molecule is O=c1[nH]c(-c2cccc([C@H]3Cc4cc(C(F)(F)F)ccc4O3)c2F)no1. The number of hydrogen-bond donors (Lipinski definition) is 1. The van der Waals surface area contributed by atoms with Crippen LogP contribution in [0.25, 0.3) is 11.4 Å². The third-order valence-corrected chi connectivity index (χ3v) is 4.13. The molecule has 9 heteroatoms. The molecule has 2 aromatic carbocycles. The van der Waals surface area contributed by atoms with Crippen molar-refractivity contribution in [2.75, 3.05) is 0 Å². The lowest BCUT2D eigenvalue weighted by Gasteiger charge is -2.13. The van der Waals surface area contributed by atoms with Gasteiger partial charge in [0.25, 0.3) is 0 Å². The molecule has 0 radical (unpaired) electrons. The monoisotopic (exact) mass is 366 g/mol. The number of rotatable bonds is 2. The minimum absolute atomic E-state index is 0.00360. The standard InChI is InChI=1S/C17H10F4N2O3/c18-14-10(2-1-3-11(14)15-22-16(24)26-23-15)13-7-8-6-9(17(19,20)21)4-5-12(8)25-13/h1-6,13H,7H2,(H,22,23,24)/t13-/m1/s1. The molecule has 0 saturated heterocycles. The molecular formula is C17H10F4N2O3. The zero-order valence-corrected chi connectivity index (χ0v) is 12.9. The van der Waals surface area contributed by atoms with Gasteiger partial charge in [0.05, 0.1) is 11.1 Å². The lowest BCUT2D eigenvalue weighted by molar-refractivity contribution is -0.137. The number of alkyl halides is 3. The minimum Gasteiger partial charge on any atom is -0.485 e. The molecule has 0 spiro atoms. The van der Waals surface area contributed by atoms with Crippen LogP contribution in [0.1, 0.15) is 22.8 Å². The van der Waals surface area contributed by atoms with E-state index in [1.165, 1.54) is 24.3 Å². The Bertz CT molecular complexity index is 1040. The highest BCUT2D eigenvalue weighted by Crippen LogP contribution is 2.41. The fraction of sp³-hybridized carbons (Fsp3) is 0.176. The molecule has 26 heavy (non-hydrogen) atoms. The third kappa shape index (κ3) is 2.75. The van der Waals surface area contributed by atoms with Crippen LogP contribution in [0, 0.1) is 5.82 Å². The molecule has 134 valence electrons. The molecule has 0 fully saturated rings. The largest absolute Gasteiger partial charge is 0.485 e. The van der Waals surface area contributed by atoms with Gasteiger partial charge in [0.2, 0.25) is 0 Å². The zero-order chi connectivity index (χ0) is 18.5. The van der Waals surface area contributed by atoms with Crippen LogP contribution in [0.3, 0.4) is 0 Å². The molecule has 1 aromatic heterocycles. The summed E-state index contributed by atoms with van der Waals surface area (Å²) in [6.07, 6.45) is -5.15. The smallest absolute Gasteiger partial charge is 0.439 e. The minimum atomic E-state index is -4.46. The Hall–Kier alpha value is -3.10. The Labute approximate surface area is 143 Å². The van der Waals surface area contributed by atoms with E-state index < -0.39 is 29.4 Å². The fourth-order valence-corrected chi connectivity index (χ4v) is 2.93. The second-order valence-corrected chi connectivity index (χ2v) is 5.78. The van der Waals surface area contributed by atoms with E-state index in [9.17, 15) is 22.4 Å². The molecule has 1 N–H and O–H groups in total. The molecule has 1 aliphatic rings. The number of aromatic amines is 1. The van der Waals surface area contributed by atoms with Gasteiger partial charge in [-0.1, -0.05) is 17.3 Å². The van der Waals surface area contributed by atoms with Gasteiger partial charge in [-0.05, 0) is 29.8 Å². The van der Waals surface area contributed by atoms with Crippen molar-refractivity contribution in [2.24, 2.45) is 0 Å². The number of H-pyrrole nitrogens is 1. The van der Waals surface area contributed by atoms with E-state index >= 15 is 0 Å². The molecule has 5 nitrogen and oxygen atoms in total. The van der Waals surface area contributed by atoms with Crippen LogP contribution in [0.2, 0.25) is 0 Å². The van der Waals surface area contributed by atoms with E-state index in [1.54, 1.807) is 0 Å². The highest BCUT2D eigenvalue weighted by molar-refractivity contribution is 5.57. The van der Waals surface area contributed by atoms with Gasteiger partial charge in [0, 0.05) is 12.0 Å². The maximum Gasteiger partial charge on any atom is 0.439 e. The first kappa shape index (κ1) is 16.4. The number of fused-ring (bicyclic) bond motifs is 1. The molecule has 3 aromatic rings. The van der Waals surface area contributed by atoms with E-state index in [1.807, 2.05) is 0 Å². The van der Waals surface area contributed by atoms with Crippen LogP contribution < -0.4 is 10.5 Å². The molecule has 1 atom stereocenters. The predicted molar refractivity (Wildman–Crippen MR) is 81.0 cm³/mol. The lowest BCUT2D eigenvalue weighted by atomic mass is 9.99. The van der Waals surface area contributed by atoms with E-state index in [-0.39, 0.29) is 29.1 Å². The molecule has 0 saturated carbocycles. The number of benzene rings is 2. The quantitative estimate of drug-likeness (QED) is 0.700. The second-order valence-electron chi connectivity index (χ2n) is 5.78. The lowest BCUT2D eigenvalue weighted by Crippen LogP contribution is -2.07. The van der Waals surface area contributed by atoms with Gasteiger partial charge in [-0.25, -0.2) is 9.18 Å². The number of hydrogen-bond acceptors (Lipinski definition) is 4. The van der Waals surface area contributed by atoms with Crippen LogP contribution >= 0.6 is 0 Å². The van der Waals surface area contributed by atoms with Gasteiger partial charge in [0.15, 0.2) is 5.82 Å². The summed E-state index contributed by atoms with van der Waals surface area (Å²) in [5.74, 6) is -1.31. The Morgan fingerprint density at radius 1 is 1.19 bits per heavy atom. The van der Waals surface area contributed by atoms with Gasteiger partial charge < -0.3 is 4.74 Å². The predicted octanol–water partition coefficient (Wildman–Crippen LogP) is 3.86. The number of nitrogens with one attached hydrogen (secondary N) is 1. The van der Waals surface area contributed by atoms with Gasteiger partial charge in [-0.2, -0.15) is 13.2 Å². The highest BCUT2D eigenvalue weighted by Gasteiger charge is 2.34. The fourth-order valence-electron chi connectivity index (χ4n) is 2.93. The first-order chi connectivity index (χ1) is 12.3. The van der Waals surface area contributed by atoms with Gasteiger partial charge in [-0.15, -0.1) is 0 Å². The van der Waals surface area contributed by atoms with Crippen molar-refractivity contribution in [3.8, 4) is 17.1 Å². The van der Waals surface area contributed by atoms with E-state index in [0.717, 1.165) is 12.1 Å². The van der Waals surface area contributed by atoms with Gasteiger partial charge in [-0.3, -0.25) is 9.51 Å². The Morgan fingerprint density at radius 2 is 2.00 bits per heavy atom. The maximum absolute atomic E-state index is 14.8. The van der Waals surface area contributed by atoms with E-state index in [4.69, 9.17) is 4.74 Å². The molecule has 0 bridgehead atoms. The Morgan fingerprint density at radius 3 is 2.69 bits per heavy atom. The molecule has 0 aliphatic carbocycles. The van der Waals surface area contributed by atoms with E-state index in [0.29, 0.717) is 5.56 Å². The van der Waals surface area contributed by atoms with E-state index in [2.05, 4.69) is 14.7 Å². The Balaban J connectivity index is 1.68. The average Bonchev–Trinajstić information content (AvgIpc) is 3.19. The summed E-state index contributed by atoms with van der Waals surface area (Å²) in [5, 5.41) is 3.44. The topological polar surface area (TPSA) is 68.1 Å². The summed E-state index contributed by atoms with van der Waals surface area (Å²) in [7, 11) is 0. The van der Waals surface area contributed by atoms with Crippen molar-refractivity contribution in [2.45, 2.75) is 18.7 Å². The van der Waals surface area contributed by atoms with Crippen LogP contribution in [0.15, 0.2) is 45.7 Å². The molecule has 2 heterocycles. The summed E-state index contributed by atoms with van der Waals surface area (Å²) in [4.78, 5) is 13.3. The van der Waals surface area contributed by atoms with Crippen molar-refractivity contribution in [3.05, 3.63) is 69.5 Å². The number of halogens is 4. The third-order valence-electron chi connectivity index (χ3n) is 4.13. The van der Waals surface area contributed by atoms with Crippen LogP contribution in [0.5, 0.6) is 5.75 Å². The van der Waals surface area contributed by atoms with Crippen molar-refractivity contribution < 1.29 is 26.8 Å². The normalized spacial score (nSPS) is 16.4. The highest BCUT2D eigenvalue weighted by atomic mass is 19.4. The average molecular weight is 366 g/mol. The Kier molecular flexibility index (Phi) is 3.60. The maximum atomic E-state index is 14.8. The summed E-state index contributed by atoms with van der Waals surface area (Å²) in [5.41, 5.74) is -0.278. The summed E-state index contributed by atoms with van der Waals surface area (Å²) >= 11 is 0. The molecule has 4 rings (SSSR count). The van der Waals surface area contributed by atoms with Crippen molar-refractivity contribution >= 4 is 0 Å². The molecule has 1 aliphatic heterocycles. The first-order valence-electron chi connectivity index (χ1n) is 7.54. The summed E-state index contributed by atoms with van der Waals surface area (Å²) in [6, 6.07) is 7.57. The van der Waals surface area contributed by atoms with Gasteiger partial charge in [0.1, 0.15) is 17.7 Å². The van der Waals surface area contributed by atoms with Crippen LogP contribution in [0.4, 0.5) is 17.6 Å². The molecular weight excluding hydrogens is 356 g/mol. The molecule has 0 unspecified atom stereocenters.